The van der Waals surface area contributed by atoms with Gasteiger partial charge in [-0.3, -0.25) is 9.89 Å². The van der Waals surface area contributed by atoms with E-state index in [0.29, 0.717) is 0 Å². The van der Waals surface area contributed by atoms with Gasteiger partial charge in [0.05, 0.1) is 11.1 Å². The van der Waals surface area contributed by atoms with E-state index < -0.39 is 5.41 Å². The van der Waals surface area contributed by atoms with Crippen molar-refractivity contribution in [3.8, 4) is 0 Å². The summed E-state index contributed by atoms with van der Waals surface area (Å²) in [4.78, 5) is 11.2. The molecule has 0 aliphatic carbocycles. The quantitative estimate of drug-likeness (QED) is 0.725. The van der Waals surface area contributed by atoms with Crippen LogP contribution in [0.4, 0.5) is 0 Å². The summed E-state index contributed by atoms with van der Waals surface area (Å²) < 4.78 is 0. The first-order valence-electron chi connectivity index (χ1n) is 3.98. The van der Waals surface area contributed by atoms with Gasteiger partial charge in [0.1, 0.15) is 5.78 Å². The largest absolute Gasteiger partial charge is 0.299 e. The summed E-state index contributed by atoms with van der Waals surface area (Å²) in [5.41, 5.74) is 1.33. The highest BCUT2D eigenvalue weighted by atomic mass is 16.1. The zero-order valence-corrected chi connectivity index (χ0v) is 7.93. The topological polar surface area (TPSA) is 45.8 Å². The molecule has 0 spiro atoms. The number of aromatic amines is 1. The number of Topliss-reactive ketones (excluding diaryl/α,β-unsaturated/α-hetero) is 1. The van der Waals surface area contributed by atoms with Crippen LogP contribution in [0.2, 0.25) is 0 Å². The number of aryl methyl sites for hydroxylation is 1. The maximum Gasteiger partial charge on any atom is 0.141 e. The first-order chi connectivity index (χ1) is 5.44. The molecule has 12 heavy (non-hydrogen) atoms. The predicted molar refractivity (Wildman–Crippen MR) is 47.0 cm³/mol. The minimum absolute atomic E-state index is 0.133. The van der Waals surface area contributed by atoms with Gasteiger partial charge in [-0.1, -0.05) is 0 Å². The van der Waals surface area contributed by atoms with E-state index in [0.717, 1.165) is 11.4 Å². The molecule has 1 aromatic rings. The van der Waals surface area contributed by atoms with E-state index in [1.165, 1.54) is 0 Å². The van der Waals surface area contributed by atoms with Gasteiger partial charge < -0.3 is 0 Å². The zero-order chi connectivity index (χ0) is 9.35. The second-order valence-corrected chi connectivity index (χ2v) is 3.62. The number of carbonyl (C=O) groups excluding carboxylic acids is 1. The molecular weight excluding hydrogens is 152 g/mol. The van der Waals surface area contributed by atoms with E-state index in [4.69, 9.17) is 0 Å². The second kappa shape index (κ2) is 2.73. The first kappa shape index (κ1) is 8.97. The van der Waals surface area contributed by atoms with Crippen molar-refractivity contribution in [3.05, 3.63) is 17.5 Å². The average Bonchev–Trinajstić information content (AvgIpc) is 2.35. The highest BCUT2D eigenvalue weighted by Crippen LogP contribution is 2.22. The molecule has 66 valence electrons. The minimum Gasteiger partial charge on any atom is -0.299 e. The Balaban J connectivity index is 3.05. The van der Waals surface area contributed by atoms with Gasteiger partial charge in [-0.15, -0.1) is 0 Å². The number of nitrogens with one attached hydrogen (secondary N) is 1. The van der Waals surface area contributed by atoms with Gasteiger partial charge in [0.2, 0.25) is 0 Å². The molecule has 1 aromatic heterocycles. The SMILES string of the molecule is CC(=O)C(C)(C)c1cc(C)[nH]n1. The smallest absolute Gasteiger partial charge is 0.141 e. The van der Waals surface area contributed by atoms with Crippen molar-refractivity contribution in [1.82, 2.24) is 10.2 Å². The maximum absolute atomic E-state index is 11.2. The lowest BCUT2D eigenvalue weighted by molar-refractivity contribution is -0.121. The maximum atomic E-state index is 11.2. The van der Waals surface area contributed by atoms with Crippen LogP contribution in [-0.4, -0.2) is 16.0 Å². The summed E-state index contributed by atoms with van der Waals surface area (Å²) >= 11 is 0. The number of ketones is 1. The highest BCUT2D eigenvalue weighted by Gasteiger charge is 2.28. The normalized spacial score (nSPS) is 11.7. The summed E-state index contributed by atoms with van der Waals surface area (Å²) in [5, 5.41) is 6.89. The van der Waals surface area contributed by atoms with Crippen LogP contribution < -0.4 is 0 Å². The number of H-pyrrole nitrogens is 1. The fourth-order valence-corrected chi connectivity index (χ4v) is 0.919. The lowest BCUT2D eigenvalue weighted by atomic mass is 9.85. The van der Waals surface area contributed by atoms with E-state index in [2.05, 4.69) is 10.2 Å². The van der Waals surface area contributed by atoms with Gasteiger partial charge in [0.25, 0.3) is 0 Å². The number of carbonyl (C=O) groups is 1. The van der Waals surface area contributed by atoms with Crippen molar-refractivity contribution < 1.29 is 4.79 Å². The molecule has 1 heterocycles. The van der Waals surface area contributed by atoms with Crippen LogP contribution in [0.5, 0.6) is 0 Å². The number of hydrogen-bond acceptors (Lipinski definition) is 2. The molecule has 0 aromatic carbocycles. The van der Waals surface area contributed by atoms with E-state index >= 15 is 0 Å². The van der Waals surface area contributed by atoms with Crippen molar-refractivity contribution in [2.24, 2.45) is 0 Å². The Morgan fingerprint density at radius 1 is 1.58 bits per heavy atom. The van der Waals surface area contributed by atoms with Crippen molar-refractivity contribution >= 4 is 5.78 Å². The Bertz CT molecular complexity index is 299. The molecule has 0 atom stereocenters. The molecule has 1 rings (SSSR count). The van der Waals surface area contributed by atoms with Crippen LogP contribution in [0.3, 0.4) is 0 Å². The van der Waals surface area contributed by atoms with Crippen molar-refractivity contribution in [2.45, 2.75) is 33.1 Å². The van der Waals surface area contributed by atoms with Crippen LogP contribution in [0.15, 0.2) is 6.07 Å². The van der Waals surface area contributed by atoms with Gasteiger partial charge in [-0.2, -0.15) is 5.10 Å². The van der Waals surface area contributed by atoms with Gasteiger partial charge >= 0.3 is 0 Å². The molecule has 0 fully saturated rings. The molecule has 0 radical (unpaired) electrons. The summed E-state index contributed by atoms with van der Waals surface area (Å²) in [6.45, 7) is 7.27. The predicted octanol–water partition coefficient (Wildman–Crippen LogP) is 1.58. The molecule has 1 N–H and O–H groups in total. The third kappa shape index (κ3) is 1.40. The molecule has 0 saturated heterocycles. The molecule has 3 nitrogen and oxygen atoms in total. The third-order valence-electron chi connectivity index (χ3n) is 2.23. The number of nitrogens with zero attached hydrogens (tertiary/aromatic N) is 1. The molecule has 0 aliphatic rings. The van der Waals surface area contributed by atoms with Crippen molar-refractivity contribution in [2.75, 3.05) is 0 Å². The first-order valence-corrected chi connectivity index (χ1v) is 3.98. The second-order valence-electron chi connectivity index (χ2n) is 3.62. The highest BCUT2D eigenvalue weighted by molar-refractivity contribution is 5.86. The van der Waals surface area contributed by atoms with Gasteiger partial charge in [0.15, 0.2) is 0 Å². The van der Waals surface area contributed by atoms with E-state index in [1.54, 1.807) is 6.92 Å². The summed E-state index contributed by atoms with van der Waals surface area (Å²) in [7, 11) is 0. The van der Waals surface area contributed by atoms with Crippen molar-refractivity contribution in [1.29, 1.82) is 0 Å². The molecule has 0 bridgehead atoms. The van der Waals surface area contributed by atoms with E-state index in [1.807, 2.05) is 26.8 Å². The Labute approximate surface area is 72.2 Å². The van der Waals surface area contributed by atoms with Crippen LogP contribution in [-0.2, 0) is 10.2 Å². The minimum atomic E-state index is -0.468. The number of hydrogen-bond donors (Lipinski definition) is 1. The molecule has 0 unspecified atom stereocenters. The Morgan fingerprint density at radius 3 is 2.50 bits per heavy atom. The summed E-state index contributed by atoms with van der Waals surface area (Å²) in [5.74, 6) is 0.133. The monoisotopic (exact) mass is 166 g/mol. The van der Waals surface area contributed by atoms with Gasteiger partial charge in [-0.05, 0) is 33.8 Å². The average molecular weight is 166 g/mol. The lowest BCUT2D eigenvalue weighted by Gasteiger charge is -2.17. The Morgan fingerprint density at radius 2 is 2.17 bits per heavy atom. The molecule has 0 amide bonds. The lowest BCUT2D eigenvalue weighted by Crippen LogP contribution is -2.26. The van der Waals surface area contributed by atoms with Crippen LogP contribution in [0.1, 0.15) is 32.2 Å². The Kier molecular flexibility index (Phi) is 2.04. The summed E-state index contributed by atoms with van der Waals surface area (Å²) in [6.07, 6.45) is 0. The fraction of sp³-hybridized carbons (Fsp3) is 0.556. The molecular formula is C9H14N2O. The Hall–Kier alpha value is -1.12. The van der Waals surface area contributed by atoms with Gasteiger partial charge in [0, 0.05) is 5.69 Å². The molecule has 3 heteroatoms. The third-order valence-corrected chi connectivity index (χ3v) is 2.23. The van der Waals surface area contributed by atoms with Crippen molar-refractivity contribution in [3.63, 3.8) is 0 Å². The zero-order valence-electron chi connectivity index (χ0n) is 7.93. The van der Waals surface area contributed by atoms with Crippen LogP contribution in [0, 0.1) is 6.92 Å². The summed E-state index contributed by atoms with van der Waals surface area (Å²) in [6, 6.07) is 1.90. The van der Waals surface area contributed by atoms with E-state index in [9.17, 15) is 4.79 Å². The number of rotatable bonds is 2. The molecule has 0 saturated carbocycles. The molecule has 0 aliphatic heterocycles. The fourth-order valence-electron chi connectivity index (χ4n) is 0.919. The number of aromatic nitrogens is 2. The van der Waals surface area contributed by atoms with E-state index in [-0.39, 0.29) is 5.78 Å². The van der Waals surface area contributed by atoms with Crippen LogP contribution in [0.25, 0.3) is 0 Å². The van der Waals surface area contributed by atoms with Gasteiger partial charge in [-0.25, -0.2) is 0 Å². The standard InChI is InChI=1S/C9H14N2O/c1-6-5-8(11-10-6)9(3,4)7(2)12/h5H,1-4H3,(H,10,11). The van der Waals surface area contributed by atoms with Crippen LogP contribution >= 0.6 is 0 Å².